The lowest BCUT2D eigenvalue weighted by Gasteiger charge is -2.13. The number of aryl methyl sites for hydroxylation is 3. The van der Waals surface area contributed by atoms with Gasteiger partial charge < -0.3 is 10.1 Å². The van der Waals surface area contributed by atoms with Crippen molar-refractivity contribution >= 4 is 21.6 Å². The van der Waals surface area contributed by atoms with Gasteiger partial charge in [-0.1, -0.05) is 22.0 Å². The van der Waals surface area contributed by atoms with E-state index in [0.29, 0.717) is 0 Å². The van der Waals surface area contributed by atoms with Crippen LogP contribution >= 0.6 is 15.9 Å². The Morgan fingerprint density at radius 2 is 1.75 bits per heavy atom. The Morgan fingerprint density at radius 1 is 1.00 bits per heavy atom. The lowest BCUT2D eigenvalue weighted by molar-refractivity contribution is 0.411. The van der Waals surface area contributed by atoms with Crippen LogP contribution in [-0.2, 0) is 6.54 Å². The third-order valence-corrected chi connectivity index (χ3v) is 4.38. The number of halogens is 1. The number of anilines is 1. The smallest absolute Gasteiger partial charge is 0.122 e. The fourth-order valence-electron chi connectivity index (χ4n) is 2.21. The van der Waals surface area contributed by atoms with E-state index in [1.165, 1.54) is 22.3 Å². The van der Waals surface area contributed by atoms with E-state index in [9.17, 15) is 0 Å². The Bertz CT molecular complexity index is 623. The molecule has 0 aliphatic carbocycles. The number of methoxy groups -OCH3 is 1. The number of hydrogen-bond donors (Lipinski definition) is 1. The van der Waals surface area contributed by atoms with Crippen molar-refractivity contribution in [3.63, 3.8) is 0 Å². The van der Waals surface area contributed by atoms with E-state index in [0.717, 1.165) is 22.5 Å². The minimum atomic E-state index is 0.817. The van der Waals surface area contributed by atoms with Gasteiger partial charge in [0.25, 0.3) is 0 Å². The van der Waals surface area contributed by atoms with Crippen LogP contribution < -0.4 is 10.1 Å². The highest BCUT2D eigenvalue weighted by Crippen LogP contribution is 2.24. The van der Waals surface area contributed by atoms with E-state index in [4.69, 9.17) is 4.74 Å². The lowest BCUT2D eigenvalue weighted by Crippen LogP contribution is -2.03. The van der Waals surface area contributed by atoms with Gasteiger partial charge in [-0.15, -0.1) is 0 Å². The monoisotopic (exact) mass is 333 g/mol. The van der Waals surface area contributed by atoms with Gasteiger partial charge in [-0.25, -0.2) is 0 Å². The second-order valence-corrected chi connectivity index (χ2v) is 5.92. The summed E-state index contributed by atoms with van der Waals surface area (Å²) >= 11 is 3.52. The summed E-state index contributed by atoms with van der Waals surface area (Å²) in [4.78, 5) is 0. The van der Waals surface area contributed by atoms with Crippen LogP contribution in [0.3, 0.4) is 0 Å². The van der Waals surface area contributed by atoms with Crippen molar-refractivity contribution in [1.82, 2.24) is 0 Å². The first-order valence-electron chi connectivity index (χ1n) is 6.65. The van der Waals surface area contributed by atoms with Crippen LogP contribution in [0.1, 0.15) is 22.3 Å². The standard InChI is InChI=1S/C17H20BrNO/c1-11-9-17(20-4)13(3)7-14(11)10-19-15-5-6-16(18)12(2)8-15/h5-9,19H,10H2,1-4H3. The maximum atomic E-state index is 5.35. The van der Waals surface area contributed by atoms with Crippen LogP contribution in [-0.4, -0.2) is 7.11 Å². The quantitative estimate of drug-likeness (QED) is 0.850. The second kappa shape index (κ2) is 6.31. The Kier molecular flexibility index (Phi) is 4.71. The van der Waals surface area contributed by atoms with Crippen LogP contribution in [0, 0.1) is 20.8 Å². The number of hydrogen-bond acceptors (Lipinski definition) is 2. The maximum Gasteiger partial charge on any atom is 0.122 e. The first-order chi connectivity index (χ1) is 9.51. The SMILES string of the molecule is COc1cc(C)c(CNc2ccc(Br)c(C)c2)cc1C. The van der Waals surface area contributed by atoms with Gasteiger partial charge in [0, 0.05) is 16.7 Å². The molecule has 0 aliphatic heterocycles. The normalized spacial score (nSPS) is 10.4. The molecular formula is C17H20BrNO. The molecule has 2 rings (SSSR count). The van der Waals surface area contributed by atoms with Crippen LogP contribution in [0.15, 0.2) is 34.8 Å². The summed E-state index contributed by atoms with van der Waals surface area (Å²) in [5, 5.41) is 3.47. The van der Waals surface area contributed by atoms with Crippen LogP contribution in [0.2, 0.25) is 0 Å². The Morgan fingerprint density at radius 3 is 2.40 bits per heavy atom. The largest absolute Gasteiger partial charge is 0.496 e. The van der Waals surface area contributed by atoms with Crippen molar-refractivity contribution < 1.29 is 4.74 Å². The highest BCUT2D eigenvalue weighted by molar-refractivity contribution is 9.10. The topological polar surface area (TPSA) is 21.3 Å². The predicted octanol–water partition coefficient (Wildman–Crippen LogP) is 5.00. The van der Waals surface area contributed by atoms with E-state index in [-0.39, 0.29) is 0 Å². The van der Waals surface area contributed by atoms with Crippen molar-refractivity contribution in [2.75, 3.05) is 12.4 Å². The predicted molar refractivity (Wildman–Crippen MR) is 88.7 cm³/mol. The van der Waals surface area contributed by atoms with E-state index < -0.39 is 0 Å². The molecule has 0 heterocycles. The molecule has 0 atom stereocenters. The van der Waals surface area contributed by atoms with Gasteiger partial charge in [0.1, 0.15) is 5.75 Å². The molecular weight excluding hydrogens is 314 g/mol. The average molecular weight is 334 g/mol. The summed E-state index contributed by atoms with van der Waals surface area (Å²) < 4.78 is 6.49. The maximum absolute atomic E-state index is 5.35. The van der Waals surface area contributed by atoms with Crippen LogP contribution in [0.25, 0.3) is 0 Å². The average Bonchev–Trinajstić information content (AvgIpc) is 2.43. The van der Waals surface area contributed by atoms with Crippen LogP contribution in [0.5, 0.6) is 5.75 Å². The van der Waals surface area contributed by atoms with Gasteiger partial charge in [0.2, 0.25) is 0 Å². The van der Waals surface area contributed by atoms with Gasteiger partial charge in [-0.3, -0.25) is 0 Å². The molecule has 3 heteroatoms. The zero-order chi connectivity index (χ0) is 14.7. The summed E-state index contributed by atoms with van der Waals surface area (Å²) in [7, 11) is 1.71. The number of benzene rings is 2. The van der Waals surface area contributed by atoms with E-state index in [1.807, 2.05) is 0 Å². The fourth-order valence-corrected chi connectivity index (χ4v) is 2.46. The molecule has 0 amide bonds. The molecule has 1 N–H and O–H groups in total. The van der Waals surface area contributed by atoms with Crippen molar-refractivity contribution in [2.24, 2.45) is 0 Å². The van der Waals surface area contributed by atoms with Gasteiger partial charge in [-0.05, 0) is 67.3 Å². The van der Waals surface area contributed by atoms with Crippen molar-refractivity contribution in [2.45, 2.75) is 27.3 Å². The molecule has 0 bridgehead atoms. The molecule has 106 valence electrons. The first-order valence-corrected chi connectivity index (χ1v) is 7.44. The third kappa shape index (κ3) is 3.34. The number of rotatable bonds is 4. The summed E-state index contributed by atoms with van der Waals surface area (Å²) in [5.74, 6) is 0.950. The Labute approximate surface area is 129 Å². The van der Waals surface area contributed by atoms with Crippen molar-refractivity contribution in [3.8, 4) is 5.75 Å². The molecule has 0 saturated carbocycles. The molecule has 0 aromatic heterocycles. The van der Waals surface area contributed by atoms with Gasteiger partial charge in [0.05, 0.1) is 7.11 Å². The minimum Gasteiger partial charge on any atom is -0.496 e. The summed E-state index contributed by atoms with van der Waals surface area (Å²) in [6, 6.07) is 10.6. The van der Waals surface area contributed by atoms with Crippen molar-refractivity contribution in [1.29, 1.82) is 0 Å². The molecule has 0 fully saturated rings. The molecule has 2 aromatic rings. The molecule has 20 heavy (non-hydrogen) atoms. The van der Waals surface area contributed by atoms with E-state index in [2.05, 4.69) is 72.3 Å². The molecule has 0 unspecified atom stereocenters. The zero-order valence-electron chi connectivity index (χ0n) is 12.4. The summed E-state index contributed by atoms with van der Waals surface area (Å²) in [6.07, 6.45) is 0. The molecule has 0 spiro atoms. The van der Waals surface area contributed by atoms with Gasteiger partial charge in [-0.2, -0.15) is 0 Å². The van der Waals surface area contributed by atoms with E-state index >= 15 is 0 Å². The highest BCUT2D eigenvalue weighted by atomic mass is 79.9. The highest BCUT2D eigenvalue weighted by Gasteiger charge is 2.05. The van der Waals surface area contributed by atoms with Gasteiger partial charge >= 0.3 is 0 Å². The molecule has 0 radical (unpaired) electrons. The number of ether oxygens (including phenoxy) is 1. The number of nitrogens with one attached hydrogen (secondary N) is 1. The molecule has 0 aliphatic rings. The van der Waals surface area contributed by atoms with Crippen molar-refractivity contribution in [3.05, 3.63) is 57.1 Å². The Hall–Kier alpha value is -1.48. The first kappa shape index (κ1) is 14.9. The fraction of sp³-hybridized carbons (Fsp3) is 0.294. The van der Waals surface area contributed by atoms with E-state index in [1.54, 1.807) is 7.11 Å². The third-order valence-electron chi connectivity index (χ3n) is 3.49. The molecule has 2 aromatic carbocycles. The zero-order valence-corrected chi connectivity index (χ0v) is 14.0. The lowest BCUT2D eigenvalue weighted by atomic mass is 10.0. The van der Waals surface area contributed by atoms with Crippen LogP contribution in [0.4, 0.5) is 5.69 Å². The molecule has 2 nitrogen and oxygen atoms in total. The Balaban J connectivity index is 2.14. The van der Waals surface area contributed by atoms with Gasteiger partial charge in [0.15, 0.2) is 0 Å². The summed E-state index contributed by atoms with van der Waals surface area (Å²) in [5.41, 5.74) is 6.08. The second-order valence-electron chi connectivity index (χ2n) is 5.07. The minimum absolute atomic E-state index is 0.817. The molecule has 0 saturated heterocycles. The summed E-state index contributed by atoms with van der Waals surface area (Å²) in [6.45, 7) is 7.10.